The van der Waals surface area contributed by atoms with Gasteiger partial charge < -0.3 is 10.2 Å². The first-order chi connectivity index (χ1) is 10.6. The summed E-state index contributed by atoms with van der Waals surface area (Å²) < 4.78 is 19.8. The summed E-state index contributed by atoms with van der Waals surface area (Å²) in [6, 6.07) is 3.00. The van der Waals surface area contributed by atoms with E-state index in [0.717, 1.165) is 6.39 Å². The van der Waals surface area contributed by atoms with Crippen molar-refractivity contribution < 1.29 is 13.7 Å². The highest BCUT2D eigenvalue weighted by Crippen LogP contribution is 2.38. The number of hydrogen-bond acceptors (Lipinski definition) is 7. The first-order valence-electron chi connectivity index (χ1n) is 6.02. The number of rotatable bonds is 3. The Morgan fingerprint density at radius 2 is 2.00 bits per heavy atom. The zero-order chi connectivity index (χ0) is 15.7. The highest BCUT2D eigenvalue weighted by Gasteiger charge is 2.29. The number of nitro groups is 1. The molecule has 0 spiro atoms. The van der Waals surface area contributed by atoms with E-state index < -0.39 is 22.2 Å². The summed E-state index contributed by atoms with van der Waals surface area (Å²) in [5.74, 6) is -1.48. The summed E-state index contributed by atoms with van der Waals surface area (Å²) >= 11 is 0. The Kier molecular flexibility index (Phi) is 3.22. The number of nitrogens with zero attached hydrogens (tertiary/aromatic N) is 4. The Balaban J connectivity index is 2.38. The SMILES string of the molecule is Nc1nc(-c2cnco2)c(-c2ccncc2)c(F)c1[N+](=O)[O-]. The van der Waals surface area contributed by atoms with Crippen molar-refractivity contribution in [3.05, 3.63) is 53.0 Å². The predicted molar refractivity (Wildman–Crippen MR) is 74.0 cm³/mol. The summed E-state index contributed by atoms with van der Waals surface area (Å²) in [6.45, 7) is 0. The highest BCUT2D eigenvalue weighted by atomic mass is 19.1. The minimum atomic E-state index is -1.09. The molecule has 0 radical (unpaired) electrons. The molecule has 22 heavy (non-hydrogen) atoms. The zero-order valence-electron chi connectivity index (χ0n) is 10.9. The van der Waals surface area contributed by atoms with Crippen molar-refractivity contribution in [1.82, 2.24) is 15.0 Å². The molecule has 0 aliphatic rings. The van der Waals surface area contributed by atoms with Crippen molar-refractivity contribution in [1.29, 1.82) is 0 Å². The van der Waals surface area contributed by atoms with Gasteiger partial charge in [-0.3, -0.25) is 15.1 Å². The van der Waals surface area contributed by atoms with Gasteiger partial charge in [-0.05, 0) is 17.7 Å². The van der Waals surface area contributed by atoms with Gasteiger partial charge in [-0.2, -0.15) is 4.39 Å². The Bertz CT molecular complexity index is 837. The number of aromatic nitrogens is 3. The van der Waals surface area contributed by atoms with Gasteiger partial charge in [0.15, 0.2) is 12.2 Å². The molecule has 3 aromatic rings. The number of halogens is 1. The predicted octanol–water partition coefficient (Wildman–Crippen LogP) is 2.43. The summed E-state index contributed by atoms with van der Waals surface area (Å²) in [7, 11) is 0. The Morgan fingerprint density at radius 1 is 1.27 bits per heavy atom. The molecule has 0 amide bonds. The maximum atomic E-state index is 14.7. The second kappa shape index (κ2) is 5.20. The van der Waals surface area contributed by atoms with Gasteiger partial charge in [0, 0.05) is 12.4 Å². The van der Waals surface area contributed by atoms with Gasteiger partial charge in [0.25, 0.3) is 0 Å². The molecule has 9 heteroatoms. The summed E-state index contributed by atoms with van der Waals surface area (Å²) in [5, 5.41) is 11.0. The van der Waals surface area contributed by atoms with Crippen molar-refractivity contribution in [2.45, 2.75) is 0 Å². The standard InChI is InChI=1S/C13H8FN5O3/c14-10-9(7-1-3-16-4-2-7)11(8-5-17-6-22-8)18-13(15)12(10)19(20)21/h1-6H,(H2,15,18). The third kappa shape index (κ3) is 2.14. The van der Waals surface area contributed by atoms with E-state index >= 15 is 0 Å². The molecule has 0 bridgehead atoms. The van der Waals surface area contributed by atoms with Crippen LogP contribution in [0.4, 0.5) is 15.9 Å². The van der Waals surface area contributed by atoms with Gasteiger partial charge in [0.2, 0.25) is 11.6 Å². The molecule has 0 aliphatic heterocycles. The van der Waals surface area contributed by atoms with E-state index in [1.807, 2.05) is 0 Å². The van der Waals surface area contributed by atoms with Crippen LogP contribution in [0.5, 0.6) is 0 Å². The lowest BCUT2D eigenvalue weighted by molar-refractivity contribution is -0.386. The van der Waals surface area contributed by atoms with E-state index in [9.17, 15) is 14.5 Å². The Morgan fingerprint density at radius 3 is 2.59 bits per heavy atom. The maximum Gasteiger partial charge on any atom is 0.347 e. The van der Waals surface area contributed by atoms with Gasteiger partial charge in [-0.1, -0.05) is 0 Å². The topological polar surface area (TPSA) is 121 Å². The van der Waals surface area contributed by atoms with Crippen LogP contribution in [0.2, 0.25) is 0 Å². The van der Waals surface area contributed by atoms with Gasteiger partial charge in [0.05, 0.1) is 16.7 Å². The van der Waals surface area contributed by atoms with E-state index in [4.69, 9.17) is 10.2 Å². The highest BCUT2D eigenvalue weighted by molar-refractivity contribution is 5.83. The van der Waals surface area contributed by atoms with Gasteiger partial charge >= 0.3 is 5.69 Å². The average Bonchev–Trinajstić information content (AvgIpc) is 3.01. The largest absolute Gasteiger partial charge is 0.442 e. The van der Waals surface area contributed by atoms with Gasteiger partial charge in [-0.15, -0.1) is 0 Å². The van der Waals surface area contributed by atoms with Crippen LogP contribution in [0, 0.1) is 15.9 Å². The van der Waals surface area contributed by atoms with Crippen LogP contribution in [0.1, 0.15) is 0 Å². The number of nitrogen functional groups attached to an aromatic ring is 1. The summed E-state index contributed by atoms with van der Waals surface area (Å²) in [5.41, 5.74) is 4.92. The monoisotopic (exact) mass is 301 g/mol. The molecule has 3 heterocycles. The number of hydrogen-bond donors (Lipinski definition) is 1. The fourth-order valence-electron chi connectivity index (χ4n) is 2.03. The average molecular weight is 301 g/mol. The van der Waals surface area contributed by atoms with Crippen molar-refractivity contribution in [3.63, 3.8) is 0 Å². The third-order valence-corrected chi connectivity index (χ3v) is 2.96. The summed E-state index contributed by atoms with van der Waals surface area (Å²) in [6.07, 6.45) is 5.32. The van der Waals surface area contributed by atoms with Crippen molar-refractivity contribution in [2.75, 3.05) is 5.73 Å². The fraction of sp³-hybridized carbons (Fsp3) is 0. The first-order valence-corrected chi connectivity index (χ1v) is 6.02. The molecule has 3 rings (SSSR count). The van der Waals surface area contributed by atoms with Crippen molar-refractivity contribution in [2.24, 2.45) is 0 Å². The number of oxazole rings is 1. The number of pyridine rings is 2. The first kappa shape index (κ1) is 13.6. The second-order valence-corrected chi connectivity index (χ2v) is 4.24. The van der Waals surface area contributed by atoms with E-state index in [-0.39, 0.29) is 17.0 Å². The van der Waals surface area contributed by atoms with Gasteiger partial charge in [-0.25, -0.2) is 9.97 Å². The molecule has 8 nitrogen and oxygen atoms in total. The lowest BCUT2D eigenvalue weighted by atomic mass is 10.0. The van der Waals surface area contributed by atoms with E-state index in [1.165, 1.54) is 30.7 Å². The van der Waals surface area contributed by atoms with Gasteiger partial charge in [0.1, 0.15) is 5.69 Å². The van der Waals surface area contributed by atoms with Crippen LogP contribution in [0.15, 0.2) is 41.5 Å². The minimum absolute atomic E-state index is 0.0318. The van der Waals surface area contributed by atoms with E-state index in [1.54, 1.807) is 0 Å². The molecule has 110 valence electrons. The molecular formula is C13H8FN5O3. The second-order valence-electron chi connectivity index (χ2n) is 4.24. The van der Waals surface area contributed by atoms with Crippen LogP contribution in [-0.2, 0) is 0 Å². The van der Waals surface area contributed by atoms with Crippen LogP contribution in [0.3, 0.4) is 0 Å². The van der Waals surface area contributed by atoms with Crippen LogP contribution >= 0.6 is 0 Å². The molecule has 0 atom stereocenters. The smallest absolute Gasteiger partial charge is 0.347 e. The molecule has 0 unspecified atom stereocenters. The number of nitrogens with two attached hydrogens (primary N) is 1. The fourth-order valence-corrected chi connectivity index (χ4v) is 2.03. The lowest BCUT2D eigenvalue weighted by Gasteiger charge is -2.09. The maximum absolute atomic E-state index is 14.7. The summed E-state index contributed by atoms with van der Waals surface area (Å²) in [4.78, 5) is 21.6. The third-order valence-electron chi connectivity index (χ3n) is 2.96. The van der Waals surface area contributed by atoms with Crippen LogP contribution < -0.4 is 5.73 Å². The molecule has 0 saturated heterocycles. The number of anilines is 1. The van der Waals surface area contributed by atoms with Crippen molar-refractivity contribution >= 4 is 11.5 Å². The molecule has 0 aliphatic carbocycles. The Labute approximate surface area is 122 Å². The van der Waals surface area contributed by atoms with Crippen molar-refractivity contribution in [3.8, 4) is 22.6 Å². The van der Waals surface area contributed by atoms with Crippen LogP contribution in [0.25, 0.3) is 22.6 Å². The van der Waals surface area contributed by atoms with E-state index in [2.05, 4.69) is 15.0 Å². The normalized spacial score (nSPS) is 10.6. The van der Waals surface area contributed by atoms with E-state index in [0.29, 0.717) is 5.56 Å². The molecule has 2 N–H and O–H groups in total. The Hall–Kier alpha value is -3.36. The quantitative estimate of drug-likeness (QED) is 0.582. The molecular weight excluding hydrogens is 293 g/mol. The zero-order valence-corrected chi connectivity index (χ0v) is 10.9. The molecule has 0 saturated carbocycles. The van der Waals surface area contributed by atoms with Crippen LogP contribution in [-0.4, -0.2) is 19.9 Å². The molecule has 0 fully saturated rings. The molecule has 0 aromatic carbocycles. The lowest BCUT2D eigenvalue weighted by Crippen LogP contribution is -2.05. The molecule has 3 aromatic heterocycles. The minimum Gasteiger partial charge on any atom is -0.442 e.